The van der Waals surface area contributed by atoms with Crippen molar-refractivity contribution >= 4 is 12.0 Å². The lowest BCUT2D eigenvalue weighted by atomic mass is 9.95. The third-order valence-corrected chi connectivity index (χ3v) is 3.67. The molecule has 5 nitrogen and oxygen atoms in total. The maximum Gasteiger partial charge on any atom is 0.338 e. The Balaban J connectivity index is 2.20. The lowest BCUT2D eigenvalue weighted by molar-refractivity contribution is -0.139. The average Bonchev–Trinajstić information content (AvgIpc) is 2.51. The highest BCUT2D eigenvalue weighted by atomic mass is 19.1. The molecule has 1 aliphatic rings. The van der Waals surface area contributed by atoms with Crippen molar-refractivity contribution < 1.29 is 18.7 Å². The van der Waals surface area contributed by atoms with Crippen LogP contribution in [0.4, 0.5) is 9.18 Å². The van der Waals surface area contributed by atoms with Gasteiger partial charge in [0.05, 0.1) is 18.2 Å². The van der Waals surface area contributed by atoms with Crippen molar-refractivity contribution in [2.75, 3.05) is 6.61 Å². The molecule has 2 rings (SSSR count). The van der Waals surface area contributed by atoms with Gasteiger partial charge in [-0.3, -0.25) is 0 Å². The van der Waals surface area contributed by atoms with Crippen LogP contribution >= 0.6 is 0 Å². The van der Waals surface area contributed by atoms with E-state index in [1.807, 2.05) is 0 Å². The number of hydrogen-bond donors (Lipinski definition) is 2. The van der Waals surface area contributed by atoms with E-state index >= 15 is 0 Å². The first-order valence-electron chi connectivity index (χ1n) is 7.73. The predicted molar refractivity (Wildman–Crippen MR) is 84.0 cm³/mol. The molecule has 0 radical (unpaired) electrons. The predicted octanol–water partition coefficient (Wildman–Crippen LogP) is 3.19. The fraction of sp³-hybridized carbons (Fsp3) is 0.412. The van der Waals surface area contributed by atoms with Crippen LogP contribution in [-0.2, 0) is 9.53 Å². The Hall–Kier alpha value is -2.37. The van der Waals surface area contributed by atoms with Gasteiger partial charge < -0.3 is 15.4 Å². The first kappa shape index (κ1) is 17.0. The Morgan fingerprint density at radius 3 is 2.61 bits per heavy atom. The second-order valence-electron chi connectivity index (χ2n) is 5.46. The number of nitrogens with one attached hydrogen (secondary N) is 2. The Morgan fingerprint density at radius 2 is 1.96 bits per heavy atom. The van der Waals surface area contributed by atoms with E-state index in [1.165, 1.54) is 12.1 Å². The Bertz CT molecular complexity index is 611. The molecule has 0 aromatic heterocycles. The summed E-state index contributed by atoms with van der Waals surface area (Å²) in [6.45, 7) is 4.06. The number of hydrogen-bond acceptors (Lipinski definition) is 3. The van der Waals surface area contributed by atoms with Gasteiger partial charge in [0.1, 0.15) is 5.82 Å². The van der Waals surface area contributed by atoms with E-state index in [-0.39, 0.29) is 5.82 Å². The summed E-state index contributed by atoms with van der Waals surface area (Å²) in [5.74, 6) is -0.848. The smallest absolute Gasteiger partial charge is 0.338 e. The number of urea groups is 1. The summed E-state index contributed by atoms with van der Waals surface area (Å²) in [5.41, 5.74) is 1.41. The molecule has 2 amide bonds. The van der Waals surface area contributed by atoms with E-state index < -0.39 is 18.0 Å². The van der Waals surface area contributed by atoms with E-state index in [0.29, 0.717) is 23.4 Å². The number of carbonyl (C=O) groups excluding carboxylic acids is 2. The fourth-order valence-electron chi connectivity index (χ4n) is 2.46. The SMILES string of the molecule is CCCCCOC(=O)C1=C(C)NC(=O)N[C@H]1c1ccc(F)cc1. The van der Waals surface area contributed by atoms with Crippen molar-refractivity contribution in [1.29, 1.82) is 0 Å². The molecule has 23 heavy (non-hydrogen) atoms. The summed E-state index contributed by atoms with van der Waals surface area (Å²) in [6, 6.07) is 4.63. The molecule has 6 heteroatoms. The largest absolute Gasteiger partial charge is 0.462 e. The number of rotatable bonds is 6. The highest BCUT2D eigenvalue weighted by molar-refractivity contribution is 5.95. The van der Waals surface area contributed by atoms with Crippen LogP contribution in [0.25, 0.3) is 0 Å². The number of carbonyl (C=O) groups is 2. The Labute approximate surface area is 134 Å². The number of amides is 2. The number of ether oxygens (including phenoxy) is 1. The Kier molecular flexibility index (Phi) is 5.73. The minimum absolute atomic E-state index is 0.340. The summed E-state index contributed by atoms with van der Waals surface area (Å²) in [4.78, 5) is 24.1. The van der Waals surface area contributed by atoms with Gasteiger partial charge >= 0.3 is 12.0 Å². The van der Waals surface area contributed by atoms with Crippen molar-refractivity contribution in [1.82, 2.24) is 10.6 Å². The number of unbranched alkanes of at least 4 members (excludes halogenated alkanes) is 2. The number of benzene rings is 1. The van der Waals surface area contributed by atoms with Gasteiger partial charge in [-0.15, -0.1) is 0 Å². The van der Waals surface area contributed by atoms with Crippen LogP contribution in [0.15, 0.2) is 35.5 Å². The summed E-state index contributed by atoms with van der Waals surface area (Å²) in [7, 11) is 0. The molecular formula is C17H21FN2O3. The highest BCUT2D eigenvalue weighted by Gasteiger charge is 2.32. The van der Waals surface area contributed by atoms with E-state index in [4.69, 9.17) is 4.74 Å². The van der Waals surface area contributed by atoms with Gasteiger partial charge in [-0.25, -0.2) is 14.0 Å². The summed E-state index contributed by atoms with van der Waals surface area (Å²) in [5, 5.41) is 5.26. The van der Waals surface area contributed by atoms with Crippen LogP contribution < -0.4 is 10.6 Å². The Morgan fingerprint density at radius 1 is 1.26 bits per heavy atom. The monoisotopic (exact) mass is 320 g/mol. The number of esters is 1. The van der Waals surface area contributed by atoms with Gasteiger partial charge in [0.25, 0.3) is 0 Å². The van der Waals surface area contributed by atoms with Gasteiger partial charge in [0.15, 0.2) is 0 Å². The van der Waals surface area contributed by atoms with E-state index in [0.717, 1.165) is 19.3 Å². The molecule has 0 aliphatic carbocycles. The van der Waals surface area contributed by atoms with Crippen molar-refractivity contribution in [3.05, 3.63) is 46.9 Å². The van der Waals surface area contributed by atoms with Crippen molar-refractivity contribution in [3.8, 4) is 0 Å². The molecule has 2 N–H and O–H groups in total. The third-order valence-electron chi connectivity index (χ3n) is 3.67. The minimum Gasteiger partial charge on any atom is -0.462 e. The standard InChI is InChI=1S/C17H21FN2O3/c1-3-4-5-10-23-16(21)14-11(2)19-17(22)20-15(14)12-6-8-13(18)9-7-12/h6-9,15H,3-5,10H2,1-2H3,(H2,19,20,22)/t15-/m0/s1. The molecule has 0 fully saturated rings. The average molecular weight is 320 g/mol. The molecule has 0 bridgehead atoms. The highest BCUT2D eigenvalue weighted by Crippen LogP contribution is 2.27. The second kappa shape index (κ2) is 7.76. The molecule has 1 heterocycles. The van der Waals surface area contributed by atoms with Crippen LogP contribution in [0.2, 0.25) is 0 Å². The van der Waals surface area contributed by atoms with Gasteiger partial charge in [-0.05, 0) is 31.0 Å². The van der Waals surface area contributed by atoms with E-state index in [1.54, 1.807) is 19.1 Å². The second-order valence-corrected chi connectivity index (χ2v) is 5.46. The first-order valence-corrected chi connectivity index (χ1v) is 7.73. The van der Waals surface area contributed by atoms with Crippen molar-refractivity contribution in [2.24, 2.45) is 0 Å². The van der Waals surface area contributed by atoms with Crippen LogP contribution in [-0.4, -0.2) is 18.6 Å². The molecule has 0 saturated carbocycles. The molecule has 124 valence electrons. The molecule has 0 unspecified atom stereocenters. The zero-order valence-electron chi connectivity index (χ0n) is 13.3. The van der Waals surface area contributed by atoms with E-state index in [2.05, 4.69) is 17.6 Å². The minimum atomic E-state index is -0.650. The van der Waals surface area contributed by atoms with E-state index in [9.17, 15) is 14.0 Å². The van der Waals surface area contributed by atoms with Crippen molar-refractivity contribution in [3.63, 3.8) is 0 Å². The topological polar surface area (TPSA) is 67.4 Å². The molecule has 0 spiro atoms. The maximum absolute atomic E-state index is 13.1. The number of allylic oxidation sites excluding steroid dienone is 1. The molecule has 1 aromatic rings. The normalized spacial score (nSPS) is 17.5. The van der Waals surface area contributed by atoms with Crippen LogP contribution in [0.1, 0.15) is 44.7 Å². The maximum atomic E-state index is 13.1. The van der Waals surface area contributed by atoms with Gasteiger partial charge in [-0.2, -0.15) is 0 Å². The molecular weight excluding hydrogens is 299 g/mol. The lowest BCUT2D eigenvalue weighted by Crippen LogP contribution is -2.45. The number of halogens is 1. The zero-order chi connectivity index (χ0) is 16.8. The first-order chi connectivity index (χ1) is 11.0. The van der Waals surface area contributed by atoms with Crippen molar-refractivity contribution in [2.45, 2.75) is 39.2 Å². The van der Waals surface area contributed by atoms with Crippen LogP contribution in [0.3, 0.4) is 0 Å². The van der Waals surface area contributed by atoms with Gasteiger partial charge in [-0.1, -0.05) is 31.9 Å². The van der Waals surface area contributed by atoms with Crippen LogP contribution in [0, 0.1) is 5.82 Å². The molecule has 1 aromatic carbocycles. The third kappa shape index (κ3) is 4.31. The molecule has 0 saturated heterocycles. The van der Waals surface area contributed by atoms with Crippen LogP contribution in [0.5, 0.6) is 0 Å². The summed E-state index contributed by atoms with van der Waals surface area (Å²) in [6.07, 6.45) is 2.83. The molecule has 1 atom stereocenters. The van der Waals surface area contributed by atoms with Gasteiger partial charge in [0.2, 0.25) is 0 Å². The lowest BCUT2D eigenvalue weighted by Gasteiger charge is -2.28. The fourth-order valence-corrected chi connectivity index (χ4v) is 2.46. The van der Waals surface area contributed by atoms with Gasteiger partial charge in [0, 0.05) is 5.70 Å². The molecule has 1 aliphatic heterocycles. The summed E-state index contributed by atoms with van der Waals surface area (Å²) < 4.78 is 18.4. The summed E-state index contributed by atoms with van der Waals surface area (Å²) >= 11 is 0. The zero-order valence-corrected chi connectivity index (χ0v) is 13.3. The quantitative estimate of drug-likeness (QED) is 0.625.